The molecule has 6 heteroatoms. The summed E-state index contributed by atoms with van der Waals surface area (Å²) in [4.78, 5) is 0. The molecule has 4 nitrogen and oxygen atoms in total. The molecule has 19 heavy (non-hydrogen) atoms. The third kappa shape index (κ3) is 3.41. The second-order valence-electron chi connectivity index (χ2n) is 3.98. The maximum Gasteiger partial charge on any atom is 0.131 e. The molecular formula is C13H14Cl2N2O2. The molecule has 0 aliphatic rings. The summed E-state index contributed by atoms with van der Waals surface area (Å²) in [5, 5.41) is 15.2. The number of rotatable bonds is 5. The van der Waals surface area contributed by atoms with E-state index in [-0.39, 0.29) is 6.61 Å². The summed E-state index contributed by atoms with van der Waals surface area (Å²) in [5.74, 6) is 0.602. The number of aliphatic hydroxyl groups excluding tert-OH is 1. The lowest BCUT2D eigenvalue weighted by Gasteiger charge is -2.14. The fourth-order valence-electron chi connectivity index (χ4n) is 1.77. The molecule has 1 aromatic carbocycles. The fraction of sp³-hybridized carbons (Fsp3) is 0.308. The minimum Gasteiger partial charge on any atom is -0.490 e. The lowest BCUT2D eigenvalue weighted by molar-refractivity contribution is 0.100. The van der Waals surface area contributed by atoms with Crippen molar-refractivity contribution < 1.29 is 9.84 Å². The highest BCUT2D eigenvalue weighted by Gasteiger charge is 2.18. The number of nitrogens with zero attached hydrogens (tertiary/aromatic N) is 2. The van der Waals surface area contributed by atoms with E-state index in [1.54, 1.807) is 28.9 Å². The van der Waals surface area contributed by atoms with Crippen LogP contribution in [0.5, 0.6) is 5.75 Å². The molecule has 0 radical (unpaired) electrons. The molecule has 0 bridgehead atoms. The SMILES string of the molecule is CCn1ncc(Cl)c1C(O)COc1cccc(Cl)c1. The summed E-state index contributed by atoms with van der Waals surface area (Å²) in [6.07, 6.45) is 0.678. The predicted octanol–water partition coefficient (Wildman–Crippen LogP) is 3.32. The van der Waals surface area contributed by atoms with Gasteiger partial charge in [0.15, 0.2) is 0 Å². The molecule has 1 aromatic heterocycles. The van der Waals surface area contributed by atoms with Gasteiger partial charge >= 0.3 is 0 Å². The van der Waals surface area contributed by atoms with Gasteiger partial charge in [-0.05, 0) is 25.1 Å². The minimum atomic E-state index is -0.839. The number of aromatic nitrogens is 2. The molecule has 2 aromatic rings. The van der Waals surface area contributed by atoms with Gasteiger partial charge in [-0.3, -0.25) is 4.68 Å². The van der Waals surface area contributed by atoms with Crippen molar-refractivity contribution in [3.05, 3.63) is 46.2 Å². The quantitative estimate of drug-likeness (QED) is 0.921. The molecule has 0 aliphatic carbocycles. The summed E-state index contributed by atoms with van der Waals surface area (Å²) in [6, 6.07) is 7.01. The van der Waals surface area contributed by atoms with Crippen LogP contribution in [0.3, 0.4) is 0 Å². The zero-order valence-electron chi connectivity index (χ0n) is 10.4. The maximum absolute atomic E-state index is 10.1. The Kier molecular flexibility index (Phi) is 4.69. The van der Waals surface area contributed by atoms with Crippen LogP contribution in [0.2, 0.25) is 10.0 Å². The Morgan fingerprint density at radius 2 is 2.21 bits per heavy atom. The summed E-state index contributed by atoms with van der Waals surface area (Å²) < 4.78 is 7.14. The molecule has 0 saturated carbocycles. The maximum atomic E-state index is 10.1. The topological polar surface area (TPSA) is 47.3 Å². The molecule has 1 atom stereocenters. The van der Waals surface area contributed by atoms with Gasteiger partial charge in [0.25, 0.3) is 0 Å². The number of hydrogen-bond acceptors (Lipinski definition) is 3. The number of ether oxygens (including phenoxy) is 1. The smallest absolute Gasteiger partial charge is 0.131 e. The largest absolute Gasteiger partial charge is 0.490 e. The van der Waals surface area contributed by atoms with E-state index in [1.165, 1.54) is 6.20 Å². The number of hydrogen-bond donors (Lipinski definition) is 1. The molecule has 0 aliphatic heterocycles. The molecule has 102 valence electrons. The van der Waals surface area contributed by atoms with Gasteiger partial charge in [0.05, 0.1) is 16.9 Å². The van der Waals surface area contributed by atoms with Crippen molar-refractivity contribution in [1.29, 1.82) is 0 Å². The molecule has 0 fully saturated rings. The average Bonchev–Trinajstić information content (AvgIpc) is 2.77. The van der Waals surface area contributed by atoms with Crippen LogP contribution in [0.25, 0.3) is 0 Å². The van der Waals surface area contributed by atoms with Crippen LogP contribution in [0, 0.1) is 0 Å². The zero-order chi connectivity index (χ0) is 13.8. The highest BCUT2D eigenvalue weighted by molar-refractivity contribution is 6.31. The molecule has 1 N–H and O–H groups in total. The fourth-order valence-corrected chi connectivity index (χ4v) is 2.21. The van der Waals surface area contributed by atoms with E-state index in [2.05, 4.69) is 5.10 Å². The van der Waals surface area contributed by atoms with Gasteiger partial charge < -0.3 is 9.84 Å². The number of aliphatic hydroxyl groups is 1. The molecule has 1 heterocycles. The third-order valence-corrected chi connectivity index (χ3v) is 3.18. The van der Waals surface area contributed by atoms with Crippen molar-refractivity contribution >= 4 is 23.2 Å². The molecule has 0 saturated heterocycles. The van der Waals surface area contributed by atoms with Crippen LogP contribution >= 0.6 is 23.2 Å². The van der Waals surface area contributed by atoms with Crippen molar-refractivity contribution in [3.8, 4) is 5.75 Å². The summed E-state index contributed by atoms with van der Waals surface area (Å²) in [6.45, 7) is 2.65. The molecule has 0 spiro atoms. The van der Waals surface area contributed by atoms with Crippen molar-refractivity contribution in [3.63, 3.8) is 0 Å². The van der Waals surface area contributed by atoms with E-state index >= 15 is 0 Å². The molecular weight excluding hydrogens is 287 g/mol. The van der Waals surface area contributed by atoms with Gasteiger partial charge in [-0.15, -0.1) is 0 Å². The van der Waals surface area contributed by atoms with E-state index in [0.29, 0.717) is 28.0 Å². The standard InChI is InChI=1S/C13H14Cl2N2O2/c1-2-17-13(11(15)7-16-17)12(18)8-19-10-5-3-4-9(14)6-10/h3-7,12,18H,2,8H2,1H3. The van der Waals surface area contributed by atoms with Gasteiger partial charge in [0.2, 0.25) is 0 Å². The van der Waals surface area contributed by atoms with E-state index in [1.807, 2.05) is 6.92 Å². The number of halogens is 2. The van der Waals surface area contributed by atoms with Crippen LogP contribution in [-0.2, 0) is 6.54 Å². The number of aryl methyl sites for hydroxylation is 1. The Bertz CT molecular complexity index is 557. The highest BCUT2D eigenvalue weighted by atomic mass is 35.5. The van der Waals surface area contributed by atoms with Crippen molar-refractivity contribution in [1.82, 2.24) is 9.78 Å². The van der Waals surface area contributed by atoms with E-state index < -0.39 is 6.10 Å². The van der Waals surface area contributed by atoms with Gasteiger partial charge in [0.1, 0.15) is 18.5 Å². The summed E-state index contributed by atoms with van der Waals surface area (Å²) in [5.41, 5.74) is 0.561. The summed E-state index contributed by atoms with van der Waals surface area (Å²) in [7, 11) is 0. The van der Waals surface area contributed by atoms with Gasteiger partial charge in [0, 0.05) is 11.6 Å². The predicted molar refractivity (Wildman–Crippen MR) is 74.8 cm³/mol. The van der Waals surface area contributed by atoms with Crippen molar-refractivity contribution in [2.45, 2.75) is 19.6 Å². The van der Waals surface area contributed by atoms with Crippen LogP contribution in [0.15, 0.2) is 30.5 Å². The Labute approximate surface area is 121 Å². The minimum absolute atomic E-state index is 0.0890. The van der Waals surface area contributed by atoms with Crippen LogP contribution < -0.4 is 4.74 Å². The Morgan fingerprint density at radius 3 is 2.89 bits per heavy atom. The summed E-state index contributed by atoms with van der Waals surface area (Å²) >= 11 is 11.9. The van der Waals surface area contributed by atoms with Crippen molar-refractivity contribution in [2.24, 2.45) is 0 Å². The lowest BCUT2D eigenvalue weighted by atomic mass is 10.2. The Hall–Kier alpha value is -1.23. The highest BCUT2D eigenvalue weighted by Crippen LogP contribution is 2.24. The average molecular weight is 301 g/mol. The van der Waals surface area contributed by atoms with Gasteiger partial charge in [-0.1, -0.05) is 29.3 Å². The second-order valence-corrected chi connectivity index (χ2v) is 4.82. The first-order chi connectivity index (χ1) is 9.11. The third-order valence-electron chi connectivity index (χ3n) is 2.65. The normalized spacial score (nSPS) is 12.4. The first kappa shape index (κ1) is 14.2. The van der Waals surface area contributed by atoms with Crippen LogP contribution in [-0.4, -0.2) is 21.5 Å². The zero-order valence-corrected chi connectivity index (χ0v) is 11.9. The van der Waals surface area contributed by atoms with Crippen molar-refractivity contribution in [2.75, 3.05) is 6.61 Å². The second kappa shape index (κ2) is 6.28. The first-order valence-corrected chi connectivity index (χ1v) is 6.65. The van der Waals surface area contributed by atoms with Crippen LogP contribution in [0.4, 0.5) is 0 Å². The lowest BCUT2D eigenvalue weighted by Crippen LogP contribution is -2.15. The Morgan fingerprint density at radius 1 is 1.42 bits per heavy atom. The van der Waals surface area contributed by atoms with Crippen LogP contribution in [0.1, 0.15) is 18.7 Å². The van der Waals surface area contributed by atoms with Gasteiger partial charge in [-0.25, -0.2) is 0 Å². The molecule has 2 rings (SSSR count). The Balaban J connectivity index is 2.05. The number of benzene rings is 1. The first-order valence-electron chi connectivity index (χ1n) is 5.89. The monoisotopic (exact) mass is 300 g/mol. The van der Waals surface area contributed by atoms with E-state index in [0.717, 1.165) is 0 Å². The van der Waals surface area contributed by atoms with Gasteiger partial charge in [-0.2, -0.15) is 5.10 Å². The molecule has 0 amide bonds. The van der Waals surface area contributed by atoms with E-state index in [9.17, 15) is 5.11 Å². The van der Waals surface area contributed by atoms with E-state index in [4.69, 9.17) is 27.9 Å². The molecule has 1 unspecified atom stereocenters.